The molecule has 24 heavy (non-hydrogen) atoms. The molecule has 0 bridgehead atoms. The number of oxazole rings is 1. The number of aliphatic hydroxyl groups excluding tert-OH is 1. The highest BCUT2D eigenvalue weighted by atomic mass is 16.5. The number of hydrogen-bond donors (Lipinski definition) is 1. The summed E-state index contributed by atoms with van der Waals surface area (Å²) in [6, 6.07) is 8.13. The third-order valence-electron chi connectivity index (χ3n) is 4.25. The van der Waals surface area contributed by atoms with Crippen LogP contribution in [-0.4, -0.2) is 22.3 Å². The summed E-state index contributed by atoms with van der Waals surface area (Å²) in [5, 5.41) is 9.69. The molecule has 1 aromatic heterocycles. The first-order valence-corrected chi connectivity index (χ1v) is 8.95. The second kappa shape index (κ2) is 9.00. The minimum absolute atomic E-state index is 0.127. The smallest absolute Gasteiger partial charge is 0.226 e. The van der Waals surface area contributed by atoms with Crippen molar-refractivity contribution in [2.24, 2.45) is 0 Å². The summed E-state index contributed by atoms with van der Waals surface area (Å²) < 4.78 is 11.7. The van der Waals surface area contributed by atoms with Crippen LogP contribution in [0.25, 0.3) is 11.5 Å². The van der Waals surface area contributed by atoms with Gasteiger partial charge >= 0.3 is 0 Å². The summed E-state index contributed by atoms with van der Waals surface area (Å²) in [4.78, 5) is 4.56. The van der Waals surface area contributed by atoms with Crippen LogP contribution in [0.4, 0.5) is 0 Å². The summed E-state index contributed by atoms with van der Waals surface area (Å²) in [6.45, 7) is 8.42. The SMILES string of the molecule is CC.Cc1ccc(-c2nc(COC3CCCC(O)C3)c(C)o2)cc1. The first-order valence-electron chi connectivity index (χ1n) is 8.95. The van der Waals surface area contributed by atoms with Crippen LogP contribution < -0.4 is 0 Å². The molecule has 1 N–H and O–H groups in total. The predicted molar refractivity (Wildman–Crippen MR) is 95.8 cm³/mol. The molecule has 0 saturated heterocycles. The molecule has 0 aliphatic heterocycles. The Kier molecular flexibility index (Phi) is 7.00. The van der Waals surface area contributed by atoms with Gasteiger partial charge in [0.2, 0.25) is 5.89 Å². The lowest BCUT2D eigenvalue weighted by molar-refractivity contribution is -0.0240. The fraction of sp³-hybridized carbons (Fsp3) is 0.550. The lowest BCUT2D eigenvalue weighted by atomic mass is 9.95. The number of aromatic nitrogens is 1. The topological polar surface area (TPSA) is 55.5 Å². The van der Waals surface area contributed by atoms with E-state index in [1.807, 2.05) is 32.9 Å². The second-order valence-corrected chi connectivity index (χ2v) is 6.14. The van der Waals surface area contributed by atoms with Gasteiger partial charge in [-0.3, -0.25) is 0 Å². The normalized spacial score (nSPS) is 20.4. The molecule has 2 unspecified atom stereocenters. The molecule has 0 amide bonds. The van der Waals surface area contributed by atoms with Crippen LogP contribution in [0, 0.1) is 13.8 Å². The number of aliphatic hydroxyl groups is 1. The average Bonchev–Trinajstić information content (AvgIpc) is 2.96. The van der Waals surface area contributed by atoms with Crippen molar-refractivity contribution >= 4 is 0 Å². The lowest BCUT2D eigenvalue weighted by Gasteiger charge is -2.25. The minimum atomic E-state index is -0.222. The zero-order chi connectivity index (χ0) is 17.5. The summed E-state index contributed by atoms with van der Waals surface area (Å²) >= 11 is 0. The van der Waals surface area contributed by atoms with Gasteiger partial charge in [0, 0.05) is 5.56 Å². The van der Waals surface area contributed by atoms with E-state index in [0.717, 1.165) is 42.7 Å². The van der Waals surface area contributed by atoms with Gasteiger partial charge in [0.25, 0.3) is 0 Å². The molecule has 2 aromatic rings. The summed E-state index contributed by atoms with van der Waals surface area (Å²) in [5.41, 5.74) is 3.04. The molecule has 4 nitrogen and oxygen atoms in total. The lowest BCUT2D eigenvalue weighted by Crippen LogP contribution is -2.25. The average molecular weight is 331 g/mol. The number of ether oxygens (including phenoxy) is 1. The Morgan fingerprint density at radius 1 is 1.17 bits per heavy atom. The van der Waals surface area contributed by atoms with Crippen molar-refractivity contribution in [2.45, 2.75) is 72.2 Å². The van der Waals surface area contributed by atoms with Gasteiger partial charge in [0.15, 0.2) is 0 Å². The fourth-order valence-corrected chi connectivity index (χ4v) is 2.85. The number of rotatable bonds is 4. The number of hydrogen-bond acceptors (Lipinski definition) is 4. The van der Waals surface area contributed by atoms with Crippen LogP contribution in [-0.2, 0) is 11.3 Å². The Balaban J connectivity index is 0.00000100. The highest BCUT2D eigenvalue weighted by Gasteiger charge is 2.21. The summed E-state index contributed by atoms with van der Waals surface area (Å²) in [5.74, 6) is 1.44. The van der Waals surface area contributed by atoms with Crippen molar-refractivity contribution in [3.63, 3.8) is 0 Å². The van der Waals surface area contributed by atoms with Crippen molar-refractivity contribution in [2.75, 3.05) is 0 Å². The van der Waals surface area contributed by atoms with Crippen LogP contribution in [0.1, 0.15) is 56.5 Å². The largest absolute Gasteiger partial charge is 0.441 e. The quantitative estimate of drug-likeness (QED) is 0.874. The first kappa shape index (κ1) is 18.7. The molecule has 2 atom stereocenters. The van der Waals surface area contributed by atoms with Crippen molar-refractivity contribution in [1.29, 1.82) is 0 Å². The molecule has 132 valence electrons. The molecule has 0 spiro atoms. The van der Waals surface area contributed by atoms with Crippen molar-refractivity contribution in [3.05, 3.63) is 41.3 Å². The van der Waals surface area contributed by atoms with Gasteiger partial charge in [0.05, 0.1) is 18.8 Å². The highest BCUT2D eigenvalue weighted by molar-refractivity contribution is 5.54. The Bertz CT molecular complexity index is 618. The number of aryl methyl sites for hydroxylation is 2. The maximum atomic E-state index is 9.69. The van der Waals surface area contributed by atoms with Crippen molar-refractivity contribution in [1.82, 2.24) is 4.98 Å². The number of nitrogens with zero attached hydrogens (tertiary/aromatic N) is 1. The molecule has 0 radical (unpaired) electrons. The highest BCUT2D eigenvalue weighted by Crippen LogP contribution is 2.25. The van der Waals surface area contributed by atoms with E-state index in [1.54, 1.807) is 0 Å². The van der Waals surface area contributed by atoms with Crippen LogP contribution in [0.5, 0.6) is 0 Å². The Hall–Kier alpha value is -1.65. The van der Waals surface area contributed by atoms with Gasteiger partial charge < -0.3 is 14.3 Å². The van der Waals surface area contributed by atoms with Crippen molar-refractivity contribution < 1.29 is 14.3 Å². The predicted octanol–water partition coefficient (Wildman–Crippen LogP) is 4.80. The standard InChI is InChI=1S/C18H23NO3.C2H6/c1-12-6-8-14(9-7-12)18-19-17(13(2)22-18)11-21-16-5-3-4-15(20)10-16;1-2/h6-9,15-16,20H,3-5,10-11H2,1-2H3;1-2H3. The maximum Gasteiger partial charge on any atom is 0.226 e. The third-order valence-corrected chi connectivity index (χ3v) is 4.25. The third kappa shape index (κ3) is 4.92. The van der Waals surface area contributed by atoms with Crippen molar-refractivity contribution in [3.8, 4) is 11.5 Å². The molecule has 1 aliphatic carbocycles. The van der Waals surface area contributed by atoms with E-state index < -0.39 is 0 Å². The zero-order valence-corrected chi connectivity index (χ0v) is 15.2. The van der Waals surface area contributed by atoms with Crippen LogP contribution in [0.3, 0.4) is 0 Å². The Labute approximate surface area is 144 Å². The molecule has 3 rings (SSSR count). The van der Waals surface area contributed by atoms with E-state index in [1.165, 1.54) is 5.56 Å². The van der Waals surface area contributed by atoms with E-state index in [9.17, 15) is 5.11 Å². The zero-order valence-electron chi connectivity index (χ0n) is 15.2. The maximum absolute atomic E-state index is 9.69. The second-order valence-electron chi connectivity index (χ2n) is 6.14. The van der Waals surface area contributed by atoms with Gasteiger partial charge in [-0.1, -0.05) is 31.5 Å². The van der Waals surface area contributed by atoms with E-state index in [4.69, 9.17) is 9.15 Å². The van der Waals surface area contributed by atoms with Crippen LogP contribution >= 0.6 is 0 Å². The van der Waals surface area contributed by atoms with Gasteiger partial charge in [-0.15, -0.1) is 0 Å². The molecule has 1 aromatic carbocycles. The molecule has 1 heterocycles. The molecule has 4 heteroatoms. The van der Waals surface area contributed by atoms with E-state index >= 15 is 0 Å². The molecular weight excluding hydrogens is 302 g/mol. The summed E-state index contributed by atoms with van der Waals surface area (Å²) in [7, 11) is 0. The molecule has 1 saturated carbocycles. The minimum Gasteiger partial charge on any atom is -0.441 e. The van der Waals surface area contributed by atoms with Gasteiger partial charge in [0.1, 0.15) is 11.5 Å². The van der Waals surface area contributed by atoms with E-state index in [-0.39, 0.29) is 12.2 Å². The van der Waals surface area contributed by atoms with Gasteiger partial charge in [-0.2, -0.15) is 0 Å². The van der Waals surface area contributed by atoms with Gasteiger partial charge in [-0.25, -0.2) is 4.98 Å². The fourth-order valence-electron chi connectivity index (χ4n) is 2.85. The Morgan fingerprint density at radius 3 is 2.54 bits per heavy atom. The van der Waals surface area contributed by atoms with Gasteiger partial charge in [-0.05, 0) is 51.7 Å². The molecular formula is C20H29NO3. The first-order chi connectivity index (χ1) is 11.6. The molecule has 1 fully saturated rings. The number of benzene rings is 1. The van der Waals surface area contributed by atoms with E-state index in [2.05, 4.69) is 24.0 Å². The molecule has 1 aliphatic rings. The summed E-state index contributed by atoms with van der Waals surface area (Å²) in [6.07, 6.45) is 3.56. The van der Waals surface area contributed by atoms with Crippen LogP contribution in [0.15, 0.2) is 28.7 Å². The monoisotopic (exact) mass is 331 g/mol. The van der Waals surface area contributed by atoms with Crippen LogP contribution in [0.2, 0.25) is 0 Å². The Morgan fingerprint density at radius 2 is 1.88 bits per heavy atom. The van der Waals surface area contributed by atoms with E-state index in [0.29, 0.717) is 12.5 Å².